The zero-order valence-corrected chi connectivity index (χ0v) is 11.7. The molecular weight excluding hydrogens is 282 g/mol. The molecule has 1 unspecified atom stereocenters. The van der Waals surface area contributed by atoms with Crippen molar-refractivity contribution in [1.29, 1.82) is 0 Å². The lowest BCUT2D eigenvalue weighted by Crippen LogP contribution is -2.60. The van der Waals surface area contributed by atoms with E-state index in [0.717, 1.165) is 0 Å². The number of halogens is 2. The van der Waals surface area contributed by atoms with E-state index in [1.165, 1.54) is 29.2 Å². The molecule has 0 radical (unpaired) electrons. The average molecular weight is 298 g/mol. The van der Waals surface area contributed by atoms with E-state index < -0.39 is 12.7 Å². The molecule has 1 aliphatic heterocycles. The number of hydrogen-bond donors (Lipinski definition) is 1. The fraction of sp³-hybridized carbons (Fsp3) is 0.429. The third kappa shape index (κ3) is 3.29. The molecule has 5 nitrogen and oxygen atoms in total. The summed E-state index contributed by atoms with van der Waals surface area (Å²) >= 11 is 0. The number of anilines is 1. The summed E-state index contributed by atoms with van der Waals surface area (Å²) in [6.45, 7) is 0.702. The number of nitrogens with one attached hydrogen (secondary N) is 1. The minimum absolute atomic E-state index is 0.00348. The Hall–Kier alpha value is -2.18. The van der Waals surface area contributed by atoms with E-state index in [1.807, 2.05) is 13.8 Å². The second kappa shape index (κ2) is 6.07. The van der Waals surface area contributed by atoms with Crippen LogP contribution in [0.15, 0.2) is 24.3 Å². The van der Waals surface area contributed by atoms with E-state index in [-0.39, 0.29) is 30.0 Å². The van der Waals surface area contributed by atoms with Crippen molar-refractivity contribution in [3.8, 4) is 5.75 Å². The number of rotatable bonds is 4. The lowest BCUT2D eigenvalue weighted by atomic mass is 9.98. The van der Waals surface area contributed by atoms with Gasteiger partial charge in [-0.3, -0.25) is 14.5 Å². The summed E-state index contributed by atoms with van der Waals surface area (Å²) in [5.74, 6) is -0.539. The van der Waals surface area contributed by atoms with Crippen LogP contribution in [0.25, 0.3) is 0 Å². The topological polar surface area (TPSA) is 58.6 Å². The number of benzene rings is 1. The first kappa shape index (κ1) is 15.2. The Bertz CT molecular complexity index is 532. The Kier molecular flexibility index (Phi) is 4.40. The molecule has 21 heavy (non-hydrogen) atoms. The standard InChI is InChI=1S/C14H16F2N2O3/c1-8(2)12-13(20)17-7-11(19)18(12)9-3-5-10(6-4-9)21-14(15)16/h3-6,8,12,14H,7H2,1-2H3,(H,17,20). The first-order valence-electron chi connectivity index (χ1n) is 6.55. The second-order valence-electron chi connectivity index (χ2n) is 5.04. The van der Waals surface area contributed by atoms with Crippen LogP contribution in [0.4, 0.5) is 14.5 Å². The zero-order chi connectivity index (χ0) is 15.6. The number of amides is 2. The van der Waals surface area contributed by atoms with Crippen LogP contribution in [0.2, 0.25) is 0 Å². The molecular formula is C14H16F2N2O3. The van der Waals surface area contributed by atoms with Gasteiger partial charge in [0.1, 0.15) is 11.8 Å². The van der Waals surface area contributed by atoms with Gasteiger partial charge in [0.2, 0.25) is 11.8 Å². The number of carbonyl (C=O) groups is 2. The van der Waals surface area contributed by atoms with Crippen molar-refractivity contribution >= 4 is 17.5 Å². The van der Waals surface area contributed by atoms with E-state index in [9.17, 15) is 18.4 Å². The highest BCUT2D eigenvalue weighted by molar-refractivity contribution is 6.06. The van der Waals surface area contributed by atoms with Gasteiger partial charge in [0.25, 0.3) is 0 Å². The van der Waals surface area contributed by atoms with Crippen molar-refractivity contribution in [2.75, 3.05) is 11.4 Å². The summed E-state index contributed by atoms with van der Waals surface area (Å²) in [5.41, 5.74) is 0.482. The Morgan fingerprint density at radius 2 is 1.86 bits per heavy atom. The molecule has 1 aromatic carbocycles. The predicted molar refractivity (Wildman–Crippen MR) is 72.2 cm³/mol. The van der Waals surface area contributed by atoms with Gasteiger partial charge < -0.3 is 10.1 Å². The van der Waals surface area contributed by atoms with Gasteiger partial charge in [-0.2, -0.15) is 8.78 Å². The fourth-order valence-corrected chi connectivity index (χ4v) is 2.32. The Morgan fingerprint density at radius 1 is 1.24 bits per heavy atom. The highest BCUT2D eigenvalue weighted by atomic mass is 19.3. The summed E-state index contributed by atoms with van der Waals surface area (Å²) < 4.78 is 28.5. The van der Waals surface area contributed by atoms with Crippen LogP contribution in [0.5, 0.6) is 5.75 Å². The van der Waals surface area contributed by atoms with Crippen molar-refractivity contribution in [3.05, 3.63) is 24.3 Å². The Labute approximate surface area is 120 Å². The third-order valence-corrected chi connectivity index (χ3v) is 3.20. The zero-order valence-electron chi connectivity index (χ0n) is 11.7. The molecule has 0 aliphatic carbocycles. The SMILES string of the molecule is CC(C)C1C(=O)NCC(=O)N1c1ccc(OC(F)F)cc1. The van der Waals surface area contributed by atoms with Crippen LogP contribution in [0, 0.1) is 5.92 Å². The van der Waals surface area contributed by atoms with Crippen molar-refractivity contribution in [3.63, 3.8) is 0 Å². The molecule has 0 saturated carbocycles. The van der Waals surface area contributed by atoms with E-state index in [1.54, 1.807) is 0 Å². The number of carbonyl (C=O) groups excluding carboxylic acids is 2. The van der Waals surface area contributed by atoms with Gasteiger partial charge in [0, 0.05) is 5.69 Å². The molecule has 1 saturated heterocycles. The lowest BCUT2D eigenvalue weighted by molar-refractivity contribution is -0.131. The maximum absolute atomic E-state index is 12.1. The molecule has 1 heterocycles. The van der Waals surface area contributed by atoms with E-state index in [4.69, 9.17) is 0 Å². The number of alkyl halides is 2. The van der Waals surface area contributed by atoms with Crippen molar-refractivity contribution in [2.45, 2.75) is 26.5 Å². The third-order valence-electron chi connectivity index (χ3n) is 3.20. The van der Waals surface area contributed by atoms with Crippen LogP contribution < -0.4 is 15.0 Å². The Balaban J connectivity index is 2.28. The number of nitrogens with zero attached hydrogens (tertiary/aromatic N) is 1. The van der Waals surface area contributed by atoms with Gasteiger partial charge in [-0.25, -0.2) is 0 Å². The predicted octanol–water partition coefficient (Wildman–Crippen LogP) is 1.78. The smallest absolute Gasteiger partial charge is 0.387 e. The molecule has 0 aromatic heterocycles. The van der Waals surface area contributed by atoms with Gasteiger partial charge in [0.15, 0.2) is 0 Å². The monoisotopic (exact) mass is 298 g/mol. The summed E-state index contributed by atoms with van der Waals surface area (Å²) in [6.07, 6.45) is 0. The van der Waals surface area contributed by atoms with Crippen LogP contribution >= 0.6 is 0 Å². The molecule has 1 aliphatic rings. The van der Waals surface area contributed by atoms with Crippen LogP contribution in [0.3, 0.4) is 0 Å². The highest BCUT2D eigenvalue weighted by Gasteiger charge is 2.37. The van der Waals surface area contributed by atoms with Crippen LogP contribution in [-0.2, 0) is 9.59 Å². The molecule has 2 rings (SSSR count). The molecule has 1 N–H and O–H groups in total. The quantitative estimate of drug-likeness (QED) is 0.921. The van der Waals surface area contributed by atoms with Gasteiger partial charge in [-0.15, -0.1) is 0 Å². The normalized spacial score (nSPS) is 19.1. The summed E-state index contributed by atoms with van der Waals surface area (Å²) in [7, 11) is 0. The molecule has 1 fully saturated rings. The molecule has 1 atom stereocenters. The van der Waals surface area contributed by atoms with Crippen molar-refractivity contribution in [1.82, 2.24) is 5.32 Å². The minimum atomic E-state index is -2.90. The largest absolute Gasteiger partial charge is 0.435 e. The maximum atomic E-state index is 12.1. The molecule has 2 amide bonds. The van der Waals surface area contributed by atoms with Crippen molar-refractivity contribution < 1.29 is 23.1 Å². The molecule has 7 heteroatoms. The second-order valence-corrected chi connectivity index (χ2v) is 5.04. The first-order valence-corrected chi connectivity index (χ1v) is 6.55. The summed E-state index contributed by atoms with van der Waals surface area (Å²) in [4.78, 5) is 25.4. The number of piperazine rings is 1. The first-order chi connectivity index (χ1) is 9.90. The molecule has 0 bridgehead atoms. The lowest BCUT2D eigenvalue weighted by Gasteiger charge is -2.37. The van der Waals surface area contributed by atoms with Crippen LogP contribution in [0.1, 0.15) is 13.8 Å². The van der Waals surface area contributed by atoms with Crippen LogP contribution in [-0.4, -0.2) is 31.0 Å². The minimum Gasteiger partial charge on any atom is -0.435 e. The molecule has 0 spiro atoms. The van der Waals surface area contributed by atoms with E-state index >= 15 is 0 Å². The summed E-state index contributed by atoms with van der Waals surface area (Å²) in [6, 6.07) is 5.05. The average Bonchev–Trinajstić information content (AvgIpc) is 2.41. The Morgan fingerprint density at radius 3 is 2.38 bits per heavy atom. The van der Waals surface area contributed by atoms with Gasteiger partial charge in [-0.1, -0.05) is 13.8 Å². The number of hydrogen-bond acceptors (Lipinski definition) is 3. The molecule has 1 aromatic rings. The summed E-state index contributed by atoms with van der Waals surface area (Å²) in [5, 5.41) is 2.55. The van der Waals surface area contributed by atoms with Gasteiger partial charge in [0.05, 0.1) is 6.54 Å². The van der Waals surface area contributed by atoms with E-state index in [2.05, 4.69) is 10.1 Å². The van der Waals surface area contributed by atoms with Crippen molar-refractivity contribution in [2.24, 2.45) is 5.92 Å². The number of ether oxygens (including phenoxy) is 1. The fourth-order valence-electron chi connectivity index (χ4n) is 2.32. The van der Waals surface area contributed by atoms with E-state index in [0.29, 0.717) is 5.69 Å². The molecule has 114 valence electrons. The van der Waals surface area contributed by atoms with Gasteiger partial charge >= 0.3 is 6.61 Å². The maximum Gasteiger partial charge on any atom is 0.387 e. The van der Waals surface area contributed by atoms with Gasteiger partial charge in [-0.05, 0) is 30.2 Å². The highest BCUT2D eigenvalue weighted by Crippen LogP contribution is 2.26.